The molecule has 1 aromatic carbocycles. The van der Waals surface area contributed by atoms with Crippen molar-refractivity contribution in [3.63, 3.8) is 0 Å². The number of carbonyl (C=O) groups is 1. The van der Waals surface area contributed by atoms with Gasteiger partial charge in [0.1, 0.15) is 11.1 Å². The summed E-state index contributed by atoms with van der Waals surface area (Å²) in [6.07, 6.45) is 3.71. The third-order valence-corrected chi connectivity index (χ3v) is 6.28. The van der Waals surface area contributed by atoms with Crippen molar-refractivity contribution in [2.45, 2.75) is 56.7 Å². The van der Waals surface area contributed by atoms with Gasteiger partial charge < -0.3 is 5.32 Å². The highest BCUT2D eigenvalue weighted by Gasteiger charge is 2.23. The second-order valence-corrected chi connectivity index (χ2v) is 7.86. The summed E-state index contributed by atoms with van der Waals surface area (Å²) in [6.45, 7) is 6.03. The number of aromatic nitrogens is 1. The topological polar surface area (TPSA) is 65.8 Å². The SMILES string of the molecule is CCC(Sc1nc2c(cc1C#N)CCC2)C(=O)Nc1cccc(C)c1C. The number of hydrogen-bond acceptors (Lipinski definition) is 4. The van der Waals surface area contributed by atoms with Gasteiger partial charge in [-0.1, -0.05) is 30.8 Å². The number of nitrogens with zero attached hydrogens (tertiary/aromatic N) is 2. The lowest BCUT2D eigenvalue weighted by Gasteiger charge is -2.17. The van der Waals surface area contributed by atoms with E-state index in [4.69, 9.17) is 4.98 Å². The van der Waals surface area contributed by atoms with Crippen molar-refractivity contribution in [2.75, 3.05) is 5.32 Å². The third-order valence-electron chi connectivity index (χ3n) is 4.92. The number of hydrogen-bond donors (Lipinski definition) is 1. The second-order valence-electron chi connectivity index (χ2n) is 6.66. The zero-order chi connectivity index (χ0) is 18.7. The van der Waals surface area contributed by atoms with Gasteiger partial charge in [-0.05, 0) is 68.4 Å². The number of anilines is 1. The van der Waals surface area contributed by atoms with Crippen LogP contribution in [0.5, 0.6) is 0 Å². The molecule has 1 atom stereocenters. The van der Waals surface area contributed by atoms with Gasteiger partial charge >= 0.3 is 0 Å². The average Bonchev–Trinajstić information content (AvgIpc) is 3.09. The molecule has 4 nitrogen and oxygen atoms in total. The Kier molecular flexibility index (Phi) is 5.63. The van der Waals surface area contributed by atoms with Gasteiger partial charge in [0.25, 0.3) is 0 Å². The van der Waals surface area contributed by atoms with E-state index in [1.54, 1.807) is 0 Å². The van der Waals surface area contributed by atoms with Gasteiger partial charge in [-0.3, -0.25) is 4.79 Å². The molecule has 1 heterocycles. The zero-order valence-electron chi connectivity index (χ0n) is 15.4. The van der Waals surface area contributed by atoms with E-state index in [9.17, 15) is 10.1 Å². The van der Waals surface area contributed by atoms with Gasteiger partial charge in [-0.25, -0.2) is 4.98 Å². The van der Waals surface area contributed by atoms with E-state index in [-0.39, 0.29) is 11.2 Å². The first-order chi connectivity index (χ1) is 12.5. The second kappa shape index (κ2) is 7.92. The predicted molar refractivity (Wildman–Crippen MR) is 105 cm³/mol. The minimum atomic E-state index is -0.283. The quantitative estimate of drug-likeness (QED) is 0.788. The zero-order valence-corrected chi connectivity index (χ0v) is 16.2. The number of rotatable bonds is 5. The van der Waals surface area contributed by atoms with Crippen LogP contribution in [-0.2, 0) is 17.6 Å². The molecule has 0 radical (unpaired) electrons. The van der Waals surface area contributed by atoms with Gasteiger partial charge in [0.05, 0.1) is 10.8 Å². The molecule has 0 aliphatic heterocycles. The molecule has 0 saturated carbocycles. The molecule has 1 aromatic heterocycles. The minimum Gasteiger partial charge on any atom is -0.325 e. The Morgan fingerprint density at radius 2 is 2.19 bits per heavy atom. The van der Waals surface area contributed by atoms with Crippen molar-refractivity contribution in [3.8, 4) is 6.07 Å². The number of fused-ring (bicyclic) bond motifs is 1. The lowest BCUT2D eigenvalue weighted by atomic mass is 10.1. The van der Waals surface area contributed by atoms with Gasteiger partial charge in [0, 0.05) is 11.4 Å². The van der Waals surface area contributed by atoms with Crippen LogP contribution < -0.4 is 5.32 Å². The fourth-order valence-corrected chi connectivity index (χ4v) is 4.18. The normalized spacial score (nSPS) is 13.8. The van der Waals surface area contributed by atoms with E-state index < -0.39 is 0 Å². The molecule has 1 amide bonds. The molecule has 0 saturated heterocycles. The molecule has 0 fully saturated rings. The number of thioether (sulfide) groups is 1. The molecule has 1 aliphatic rings. The van der Waals surface area contributed by atoms with Gasteiger partial charge in [-0.2, -0.15) is 5.26 Å². The molecule has 2 aromatic rings. The van der Waals surface area contributed by atoms with Gasteiger partial charge in [0.2, 0.25) is 5.91 Å². The molecular formula is C21H23N3OS. The fourth-order valence-electron chi connectivity index (χ4n) is 3.18. The number of aryl methyl sites for hydroxylation is 3. The molecular weight excluding hydrogens is 342 g/mol. The van der Waals surface area contributed by atoms with Gasteiger partial charge in [-0.15, -0.1) is 0 Å². The Morgan fingerprint density at radius 1 is 1.38 bits per heavy atom. The lowest BCUT2D eigenvalue weighted by Crippen LogP contribution is -2.25. The van der Waals surface area contributed by atoms with Crippen molar-refractivity contribution < 1.29 is 4.79 Å². The van der Waals surface area contributed by atoms with Crippen LogP contribution in [-0.4, -0.2) is 16.1 Å². The first-order valence-corrected chi connectivity index (χ1v) is 9.88. The Hall–Kier alpha value is -2.32. The molecule has 0 spiro atoms. The van der Waals surface area contributed by atoms with Crippen LogP contribution in [0.25, 0.3) is 0 Å². The lowest BCUT2D eigenvalue weighted by molar-refractivity contribution is -0.115. The minimum absolute atomic E-state index is 0.0441. The van der Waals surface area contributed by atoms with Crippen molar-refractivity contribution in [2.24, 2.45) is 0 Å². The molecule has 1 aliphatic carbocycles. The van der Waals surface area contributed by atoms with E-state index in [1.165, 1.54) is 17.3 Å². The fraction of sp³-hybridized carbons (Fsp3) is 0.381. The van der Waals surface area contributed by atoms with Crippen LogP contribution in [0.3, 0.4) is 0 Å². The summed E-state index contributed by atoms with van der Waals surface area (Å²) in [5.74, 6) is -0.0441. The number of amides is 1. The Bertz CT molecular complexity index is 886. The summed E-state index contributed by atoms with van der Waals surface area (Å²) in [5.41, 5.74) is 5.91. The number of nitriles is 1. The van der Waals surface area contributed by atoms with Crippen molar-refractivity contribution in [1.29, 1.82) is 5.26 Å². The maximum atomic E-state index is 12.8. The summed E-state index contributed by atoms with van der Waals surface area (Å²) in [6, 6.07) is 10.1. The smallest absolute Gasteiger partial charge is 0.237 e. The van der Waals surface area contributed by atoms with Crippen LogP contribution in [0.4, 0.5) is 5.69 Å². The van der Waals surface area contributed by atoms with Crippen LogP contribution in [0, 0.1) is 25.2 Å². The van der Waals surface area contributed by atoms with Crippen molar-refractivity contribution >= 4 is 23.4 Å². The number of nitrogens with one attached hydrogen (secondary N) is 1. The van der Waals surface area contributed by atoms with E-state index in [2.05, 4.69) is 11.4 Å². The first-order valence-electron chi connectivity index (χ1n) is 9.00. The van der Waals surface area contributed by atoms with E-state index in [0.717, 1.165) is 41.8 Å². The standard InChI is InChI=1S/C21H23N3OS/c1-4-19(20(25)23-17-9-5-7-13(2)14(17)3)26-21-16(12-22)11-15-8-6-10-18(15)24-21/h5,7,9,11,19H,4,6,8,10H2,1-3H3,(H,23,25). The highest BCUT2D eigenvalue weighted by Crippen LogP contribution is 2.32. The third kappa shape index (κ3) is 3.76. The molecule has 0 bridgehead atoms. The summed E-state index contributed by atoms with van der Waals surface area (Å²) < 4.78 is 0. The molecule has 26 heavy (non-hydrogen) atoms. The molecule has 134 valence electrons. The number of benzene rings is 1. The summed E-state index contributed by atoms with van der Waals surface area (Å²) in [4.78, 5) is 17.5. The van der Waals surface area contributed by atoms with Crippen LogP contribution >= 0.6 is 11.8 Å². The molecule has 5 heteroatoms. The largest absolute Gasteiger partial charge is 0.325 e. The van der Waals surface area contributed by atoms with Crippen LogP contribution in [0.2, 0.25) is 0 Å². The number of carbonyl (C=O) groups excluding carboxylic acids is 1. The Morgan fingerprint density at radius 3 is 2.92 bits per heavy atom. The highest BCUT2D eigenvalue weighted by molar-refractivity contribution is 8.00. The Balaban J connectivity index is 1.80. The molecule has 1 N–H and O–H groups in total. The van der Waals surface area contributed by atoms with E-state index in [1.807, 2.05) is 45.0 Å². The van der Waals surface area contributed by atoms with Gasteiger partial charge in [0.15, 0.2) is 0 Å². The summed E-state index contributed by atoms with van der Waals surface area (Å²) >= 11 is 1.40. The molecule has 1 unspecified atom stereocenters. The summed E-state index contributed by atoms with van der Waals surface area (Å²) in [5, 5.41) is 12.9. The van der Waals surface area contributed by atoms with Crippen LogP contribution in [0.1, 0.15) is 47.7 Å². The average molecular weight is 366 g/mol. The van der Waals surface area contributed by atoms with Crippen LogP contribution in [0.15, 0.2) is 29.3 Å². The number of pyridine rings is 1. The van der Waals surface area contributed by atoms with Crippen molar-refractivity contribution in [3.05, 3.63) is 52.2 Å². The van der Waals surface area contributed by atoms with E-state index >= 15 is 0 Å². The molecule has 3 rings (SSSR count). The maximum absolute atomic E-state index is 12.8. The monoisotopic (exact) mass is 365 g/mol. The Labute approximate surface area is 159 Å². The maximum Gasteiger partial charge on any atom is 0.237 e. The highest BCUT2D eigenvalue weighted by atomic mass is 32.2. The first kappa shape index (κ1) is 18.5. The predicted octanol–water partition coefficient (Wildman–Crippen LogP) is 4.57. The summed E-state index contributed by atoms with van der Waals surface area (Å²) in [7, 11) is 0. The van der Waals surface area contributed by atoms with E-state index in [0.29, 0.717) is 17.0 Å². The van der Waals surface area contributed by atoms with Crippen molar-refractivity contribution in [1.82, 2.24) is 4.98 Å².